The fourth-order valence-electron chi connectivity index (χ4n) is 1.52. The molecule has 0 aliphatic carbocycles. The van der Waals surface area contributed by atoms with Gasteiger partial charge in [-0.05, 0) is 18.6 Å². The highest BCUT2D eigenvalue weighted by atomic mass is 79.9. The SMILES string of the molecule is CCCC(Nc1cc(Br)ccc1[N+](=O)[O-])C(=O)O. The molecule has 0 saturated carbocycles. The predicted octanol–water partition coefficient (Wildman–Crippen LogP) is 3.02. The van der Waals surface area contributed by atoms with Crippen molar-refractivity contribution in [3.8, 4) is 0 Å². The highest BCUT2D eigenvalue weighted by Crippen LogP contribution is 2.28. The summed E-state index contributed by atoms with van der Waals surface area (Å²) in [7, 11) is 0. The number of carboxylic acid groups (broad SMARTS) is 1. The van der Waals surface area contributed by atoms with Crippen LogP contribution in [0, 0.1) is 10.1 Å². The van der Waals surface area contributed by atoms with Crippen LogP contribution in [0.5, 0.6) is 0 Å². The molecule has 1 aromatic rings. The summed E-state index contributed by atoms with van der Waals surface area (Å²) in [5.41, 5.74) is 0.0655. The van der Waals surface area contributed by atoms with Gasteiger partial charge in [0.15, 0.2) is 0 Å². The van der Waals surface area contributed by atoms with Crippen molar-refractivity contribution in [3.63, 3.8) is 0 Å². The van der Waals surface area contributed by atoms with Gasteiger partial charge < -0.3 is 10.4 Å². The normalized spacial score (nSPS) is 11.9. The van der Waals surface area contributed by atoms with Crippen LogP contribution in [-0.2, 0) is 4.79 Å². The van der Waals surface area contributed by atoms with Crippen molar-refractivity contribution >= 4 is 33.3 Å². The number of nitrogens with one attached hydrogen (secondary N) is 1. The van der Waals surface area contributed by atoms with E-state index in [2.05, 4.69) is 21.2 Å². The lowest BCUT2D eigenvalue weighted by atomic mass is 10.1. The largest absolute Gasteiger partial charge is 0.480 e. The summed E-state index contributed by atoms with van der Waals surface area (Å²) in [5.74, 6) is -1.02. The van der Waals surface area contributed by atoms with Crippen molar-refractivity contribution in [1.82, 2.24) is 0 Å². The fourth-order valence-corrected chi connectivity index (χ4v) is 1.88. The van der Waals surface area contributed by atoms with Gasteiger partial charge in [-0.25, -0.2) is 4.79 Å². The predicted molar refractivity (Wildman–Crippen MR) is 70.8 cm³/mol. The summed E-state index contributed by atoms with van der Waals surface area (Å²) in [6.45, 7) is 1.85. The standard InChI is InChI=1S/C11H13BrN2O4/c1-2-3-8(11(15)16)13-9-6-7(12)4-5-10(9)14(17)18/h4-6,8,13H,2-3H2,1H3,(H,15,16). The van der Waals surface area contributed by atoms with Crippen LogP contribution < -0.4 is 5.32 Å². The topological polar surface area (TPSA) is 92.5 Å². The number of hydrogen-bond acceptors (Lipinski definition) is 4. The lowest BCUT2D eigenvalue weighted by molar-refractivity contribution is -0.384. The number of rotatable bonds is 6. The number of benzene rings is 1. The van der Waals surface area contributed by atoms with E-state index in [0.29, 0.717) is 17.3 Å². The van der Waals surface area contributed by atoms with Gasteiger partial charge in [-0.15, -0.1) is 0 Å². The van der Waals surface area contributed by atoms with Crippen LogP contribution in [0.25, 0.3) is 0 Å². The van der Waals surface area contributed by atoms with Gasteiger partial charge in [0.05, 0.1) is 4.92 Å². The number of nitro groups is 1. The average molecular weight is 317 g/mol. The van der Waals surface area contributed by atoms with E-state index in [1.54, 1.807) is 6.07 Å². The van der Waals surface area contributed by atoms with Crippen LogP contribution in [0.3, 0.4) is 0 Å². The maximum Gasteiger partial charge on any atom is 0.326 e. The van der Waals surface area contributed by atoms with Crippen LogP contribution in [0.1, 0.15) is 19.8 Å². The molecular weight excluding hydrogens is 304 g/mol. The molecule has 98 valence electrons. The van der Waals surface area contributed by atoms with Gasteiger partial charge in [-0.3, -0.25) is 10.1 Å². The Morgan fingerprint density at radius 2 is 2.28 bits per heavy atom. The zero-order chi connectivity index (χ0) is 13.7. The molecule has 1 rings (SSSR count). The van der Waals surface area contributed by atoms with E-state index in [4.69, 9.17) is 5.11 Å². The Balaban J connectivity index is 3.03. The first-order valence-electron chi connectivity index (χ1n) is 5.39. The molecule has 0 fully saturated rings. The van der Waals surface area contributed by atoms with E-state index in [1.807, 2.05) is 6.92 Å². The second-order valence-electron chi connectivity index (χ2n) is 3.74. The van der Waals surface area contributed by atoms with Gasteiger partial charge in [0, 0.05) is 10.5 Å². The van der Waals surface area contributed by atoms with E-state index >= 15 is 0 Å². The maximum atomic E-state index is 11.0. The maximum absolute atomic E-state index is 11.0. The molecular formula is C11H13BrN2O4. The number of aliphatic carboxylic acids is 1. The van der Waals surface area contributed by atoms with Gasteiger partial charge in [0.2, 0.25) is 0 Å². The Labute approximate surface area is 112 Å². The molecule has 0 aromatic heterocycles. The van der Waals surface area contributed by atoms with E-state index < -0.39 is 16.9 Å². The summed E-state index contributed by atoms with van der Waals surface area (Å²) in [4.78, 5) is 21.3. The molecule has 18 heavy (non-hydrogen) atoms. The summed E-state index contributed by atoms with van der Waals surface area (Å²) in [6.07, 6.45) is 1.07. The first-order valence-corrected chi connectivity index (χ1v) is 6.18. The molecule has 0 saturated heterocycles. The molecule has 1 aromatic carbocycles. The minimum Gasteiger partial charge on any atom is -0.480 e. The lowest BCUT2D eigenvalue weighted by Crippen LogP contribution is -2.29. The Morgan fingerprint density at radius 1 is 1.61 bits per heavy atom. The van der Waals surface area contributed by atoms with E-state index in [-0.39, 0.29) is 11.4 Å². The molecule has 0 aliphatic heterocycles. The number of carbonyl (C=O) groups is 1. The zero-order valence-electron chi connectivity index (χ0n) is 9.72. The zero-order valence-corrected chi connectivity index (χ0v) is 11.3. The van der Waals surface area contributed by atoms with Gasteiger partial charge in [0.1, 0.15) is 11.7 Å². The number of hydrogen-bond donors (Lipinski definition) is 2. The van der Waals surface area contributed by atoms with Crippen LogP contribution in [0.15, 0.2) is 22.7 Å². The fraction of sp³-hybridized carbons (Fsp3) is 0.364. The molecule has 1 unspecified atom stereocenters. The minimum absolute atomic E-state index is 0.138. The summed E-state index contributed by atoms with van der Waals surface area (Å²) in [6, 6.07) is 3.54. The van der Waals surface area contributed by atoms with Crippen LogP contribution in [-0.4, -0.2) is 22.0 Å². The number of carboxylic acids is 1. The summed E-state index contributed by atoms with van der Waals surface area (Å²) >= 11 is 3.20. The van der Waals surface area contributed by atoms with Gasteiger partial charge in [0.25, 0.3) is 5.69 Å². The highest BCUT2D eigenvalue weighted by Gasteiger charge is 2.21. The number of nitro benzene ring substituents is 1. The molecule has 0 aliphatic rings. The monoisotopic (exact) mass is 316 g/mol. The molecule has 1 atom stereocenters. The third-order valence-electron chi connectivity index (χ3n) is 2.36. The molecule has 2 N–H and O–H groups in total. The third-order valence-corrected chi connectivity index (χ3v) is 2.85. The first kappa shape index (κ1) is 14.4. The summed E-state index contributed by atoms with van der Waals surface area (Å²) < 4.78 is 0.649. The highest BCUT2D eigenvalue weighted by molar-refractivity contribution is 9.10. The lowest BCUT2D eigenvalue weighted by Gasteiger charge is -2.15. The van der Waals surface area contributed by atoms with Gasteiger partial charge >= 0.3 is 5.97 Å². The molecule has 0 radical (unpaired) electrons. The van der Waals surface area contributed by atoms with Crippen LogP contribution >= 0.6 is 15.9 Å². The third kappa shape index (κ3) is 3.69. The van der Waals surface area contributed by atoms with Crippen molar-refractivity contribution in [3.05, 3.63) is 32.8 Å². The van der Waals surface area contributed by atoms with Crippen molar-refractivity contribution < 1.29 is 14.8 Å². The molecule has 6 nitrogen and oxygen atoms in total. The van der Waals surface area contributed by atoms with E-state index in [1.165, 1.54) is 12.1 Å². The first-order chi connectivity index (χ1) is 8.45. The Kier molecular flexibility index (Phi) is 5.08. The number of nitrogens with zero attached hydrogens (tertiary/aromatic N) is 1. The smallest absolute Gasteiger partial charge is 0.326 e. The Hall–Kier alpha value is -1.63. The van der Waals surface area contributed by atoms with Crippen molar-refractivity contribution in [1.29, 1.82) is 0 Å². The number of anilines is 1. The van der Waals surface area contributed by atoms with Gasteiger partial charge in [-0.1, -0.05) is 29.3 Å². The second kappa shape index (κ2) is 6.34. The second-order valence-corrected chi connectivity index (χ2v) is 4.66. The molecule has 0 heterocycles. The van der Waals surface area contributed by atoms with Crippen LogP contribution in [0.4, 0.5) is 11.4 Å². The summed E-state index contributed by atoms with van der Waals surface area (Å²) in [5, 5.41) is 22.6. The van der Waals surface area contributed by atoms with Crippen molar-refractivity contribution in [2.45, 2.75) is 25.8 Å². The van der Waals surface area contributed by atoms with Crippen molar-refractivity contribution in [2.24, 2.45) is 0 Å². The number of halogens is 1. The van der Waals surface area contributed by atoms with Gasteiger partial charge in [-0.2, -0.15) is 0 Å². The minimum atomic E-state index is -1.02. The van der Waals surface area contributed by atoms with Crippen LogP contribution in [0.2, 0.25) is 0 Å². The quantitative estimate of drug-likeness (QED) is 0.621. The van der Waals surface area contributed by atoms with E-state index in [0.717, 1.165) is 0 Å². The average Bonchev–Trinajstić information content (AvgIpc) is 2.28. The van der Waals surface area contributed by atoms with Crippen molar-refractivity contribution in [2.75, 3.05) is 5.32 Å². The molecule has 0 bridgehead atoms. The van der Waals surface area contributed by atoms with E-state index in [9.17, 15) is 14.9 Å². The molecule has 7 heteroatoms. The Morgan fingerprint density at radius 3 is 2.78 bits per heavy atom. The molecule has 0 spiro atoms. The molecule has 0 amide bonds. The Bertz CT molecular complexity index is 464.